The van der Waals surface area contributed by atoms with Crippen LogP contribution >= 0.6 is 31.3 Å². The van der Waals surface area contributed by atoms with Crippen LogP contribution in [0.3, 0.4) is 0 Å². The maximum Gasteiger partial charge on any atom is 0.490 e. The third-order valence-corrected chi connectivity index (χ3v) is 12.3. The largest absolute Gasteiger partial charge is 0.490 e. The van der Waals surface area contributed by atoms with Crippen LogP contribution in [-0.2, 0) is 49.7 Å². The second-order valence-corrected chi connectivity index (χ2v) is 16.1. The summed E-state index contributed by atoms with van der Waals surface area (Å²) in [5, 5.41) is 40.7. The molecule has 27 nitrogen and oxygen atoms in total. The first-order valence-electron chi connectivity index (χ1n) is 12.9. The minimum Gasteiger partial charge on any atom is -0.387 e. The Bertz CT molecular complexity index is 1820. The van der Waals surface area contributed by atoms with E-state index in [1.165, 1.54) is 0 Å². The predicted octanol–water partition coefficient (Wildman–Crippen LogP) is -4.19. The number of hydrogen-bond acceptors (Lipinski definition) is 19. The van der Waals surface area contributed by atoms with Gasteiger partial charge in [0, 0.05) is 24.5 Å². The first-order valence-corrected chi connectivity index (χ1v) is 18.9. The molecule has 31 heteroatoms. The van der Waals surface area contributed by atoms with E-state index in [4.69, 9.17) is 9.47 Å². The lowest BCUT2D eigenvalue weighted by Gasteiger charge is -2.21. The minimum atomic E-state index is -6.24. The summed E-state index contributed by atoms with van der Waals surface area (Å²) in [5.41, 5.74) is -3.78. The molecule has 0 amide bonds. The molecule has 2 aromatic rings. The van der Waals surface area contributed by atoms with Gasteiger partial charge in [0.25, 0.3) is 11.1 Å². The lowest BCUT2D eigenvalue weighted by molar-refractivity contribution is -0.0544. The summed E-state index contributed by atoms with van der Waals surface area (Å²) < 4.78 is 80.5. The highest BCUT2D eigenvalue weighted by molar-refractivity contribution is 7.69. The number of nitrogens with one attached hydrogen (secondary N) is 2. The Hall–Kier alpha value is -2.32. The van der Waals surface area contributed by atoms with Crippen LogP contribution in [0.5, 0.6) is 0 Å². The fourth-order valence-electron chi connectivity index (χ4n) is 4.25. The molecule has 2 aliphatic rings. The van der Waals surface area contributed by atoms with Crippen LogP contribution < -0.4 is 22.5 Å². The topological polar surface area (TPSA) is 404 Å². The van der Waals surface area contributed by atoms with E-state index < -0.39 is 116 Å². The summed E-state index contributed by atoms with van der Waals surface area (Å²) in [6.07, 6.45) is -12.6. The van der Waals surface area contributed by atoms with Gasteiger partial charge >= 0.3 is 42.7 Å². The number of H-pyrrole nitrogens is 2. The molecule has 4 heterocycles. The number of aromatic nitrogens is 4. The Morgan fingerprint density at radius 3 is 1.24 bits per heavy atom. The van der Waals surface area contributed by atoms with Gasteiger partial charge in [0.05, 0.1) is 13.2 Å². The molecule has 4 rings (SSSR count). The maximum atomic E-state index is 12.2. The van der Waals surface area contributed by atoms with Gasteiger partial charge in [-0.05, 0) is 0 Å². The predicted molar refractivity (Wildman–Crippen MR) is 149 cm³/mol. The van der Waals surface area contributed by atoms with E-state index in [0.29, 0.717) is 9.13 Å². The fraction of sp³-hybridized carbons (Fsp3) is 0.556. The molecular formula is C18H26N4O23P4. The number of phosphoric ester groups is 2. The van der Waals surface area contributed by atoms with Gasteiger partial charge in [0.2, 0.25) is 0 Å². The van der Waals surface area contributed by atoms with Crippen LogP contribution in [0.25, 0.3) is 0 Å². The van der Waals surface area contributed by atoms with Gasteiger partial charge < -0.3 is 49.5 Å². The van der Waals surface area contributed by atoms with E-state index in [9.17, 15) is 77.4 Å². The average Bonchev–Trinajstić information content (AvgIpc) is 3.38. The van der Waals surface area contributed by atoms with E-state index >= 15 is 0 Å². The van der Waals surface area contributed by atoms with Gasteiger partial charge in [-0.1, -0.05) is 0 Å². The normalized spacial score (nSPS) is 32.2. The molecule has 2 aromatic heterocycles. The Balaban J connectivity index is 1.31. The zero-order valence-corrected chi connectivity index (χ0v) is 27.3. The van der Waals surface area contributed by atoms with Crippen LogP contribution in [0, 0.1) is 0 Å². The van der Waals surface area contributed by atoms with Crippen molar-refractivity contribution in [3.05, 3.63) is 66.2 Å². The van der Waals surface area contributed by atoms with Gasteiger partial charge in [-0.25, -0.2) is 27.8 Å². The zero-order chi connectivity index (χ0) is 36.7. The van der Waals surface area contributed by atoms with Crippen molar-refractivity contribution in [3.8, 4) is 0 Å². The fourth-order valence-corrected chi connectivity index (χ4v) is 9.20. The van der Waals surface area contributed by atoms with Crippen molar-refractivity contribution < 1.29 is 89.7 Å². The van der Waals surface area contributed by atoms with E-state index in [2.05, 4.69) is 22.0 Å². The third kappa shape index (κ3) is 9.93. The average molecular weight is 790 g/mol. The molecule has 0 spiro atoms. The van der Waals surface area contributed by atoms with Gasteiger partial charge in [0.15, 0.2) is 12.5 Å². The number of aliphatic hydroxyl groups is 4. The second-order valence-electron chi connectivity index (χ2n) is 9.84. The number of aliphatic hydroxyl groups excluding tert-OH is 4. The van der Waals surface area contributed by atoms with Crippen LogP contribution in [-0.4, -0.2) is 109 Å². The first-order chi connectivity index (χ1) is 22.5. The van der Waals surface area contributed by atoms with Crippen LogP contribution in [0.4, 0.5) is 0 Å². The van der Waals surface area contributed by atoms with Crippen molar-refractivity contribution >= 4 is 31.3 Å². The van der Waals surface area contributed by atoms with E-state index in [1.54, 1.807) is 0 Å². The highest BCUT2D eigenvalue weighted by Crippen LogP contribution is 2.71. The van der Waals surface area contributed by atoms with E-state index in [-0.39, 0.29) is 0 Å². The SMILES string of the molecule is O=c1ccn([C@@H]2O[C@H](COP(=O)(O)OP(=O)(O)OP(=O)(O)OP(=O)(O)OC[C@@H]3O[C@H](n4ccc(=O)[nH]c4=O)[C@H](O)[C@@H]3O)[C@@H](O)[C@H]2O)c(=O)[nH]1. The molecule has 49 heavy (non-hydrogen) atoms. The minimum absolute atomic E-state index is 0.642. The van der Waals surface area contributed by atoms with Gasteiger partial charge in [-0.2, -0.15) is 12.9 Å². The van der Waals surface area contributed by atoms with Crippen molar-refractivity contribution in [1.29, 1.82) is 0 Å². The Kier molecular flexibility index (Phi) is 11.9. The summed E-state index contributed by atoms with van der Waals surface area (Å²) in [7, 11) is -24.1. The molecule has 0 saturated carbocycles. The van der Waals surface area contributed by atoms with Crippen molar-refractivity contribution in [2.45, 2.75) is 49.1 Å². The van der Waals surface area contributed by atoms with E-state index in [0.717, 1.165) is 24.5 Å². The standard InChI is InChI=1S/C18H26N4O23P4/c23-9-1-3-21(17(29)19-9)15-13(27)11(25)7(41-15)5-39-46(31,32)43-48(35,36)45-49(37,38)44-47(33,34)40-6-8-12(26)14(28)16(42-8)22-4-2-10(24)20-18(22)30/h1-4,7-8,11-16,25-28H,5-6H2,(H,31,32)(H,33,34)(H,35,36)(H,37,38)(H,19,23,29)(H,20,24,30)/t7-,8+,11-,12-,13-,14-,15-,16+/m1/s1. The lowest BCUT2D eigenvalue weighted by Crippen LogP contribution is -2.37. The lowest BCUT2D eigenvalue weighted by atomic mass is 10.1. The molecule has 0 aromatic carbocycles. The number of phosphoric acid groups is 4. The molecule has 0 radical (unpaired) electrons. The van der Waals surface area contributed by atoms with Crippen molar-refractivity contribution in [1.82, 2.24) is 19.1 Å². The molecule has 2 aliphatic heterocycles. The highest BCUT2D eigenvalue weighted by Gasteiger charge is 2.49. The first kappa shape index (κ1) is 39.5. The molecule has 10 N–H and O–H groups in total. The zero-order valence-electron chi connectivity index (χ0n) is 23.7. The van der Waals surface area contributed by atoms with Gasteiger partial charge in [-0.3, -0.25) is 37.7 Å². The Morgan fingerprint density at radius 1 is 0.592 bits per heavy atom. The molecule has 2 fully saturated rings. The van der Waals surface area contributed by atoms with E-state index in [1.807, 2.05) is 9.97 Å². The van der Waals surface area contributed by atoms with Crippen molar-refractivity contribution in [2.75, 3.05) is 13.2 Å². The van der Waals surface area contributed by atoms with Crippen molar-refractivity contribution in [3.63, 3.8) is 0 Å². The number of rotatable bonds is 14. The van der Waals surface area contributed by atoms with Crippen LogP contribution in [0.1, 0.15) is 12.5 Å². The quantitative estimate of drug-likeness (QED) is 0.0811. The van der Waals surface area contributed by atoms with Gasteiger partial charge in [0.1, 0.15) is 36.6 Å². The summed E-state index contributed by atoms with van der Waals surface area (Å²) in [6.45, 7) is -2.43. The van der Waals surface area contributed by atoms with Crippen LogP contribution in [0.15, 0.2) is 43.7 Å². The third-order valence-electron chi connectivity index (χ3n) is 6.35. The number of ether oxygens (including phenoxy) is 2. The second kappa shape index (κ2) is 14.7. The van der Waals surface area contributed by atoms with Crippen molar-refractivity contribution in [2.24, 2.45) is 0 Å². The molecule has 12 atom stereocenters. The molecule has 0 bridgehead atoms. The Labute approximate surface area is 268 Å². The molecular weight excluding hydrogens is 764 g/mol. The molecule has 276 valence electrons. The Morgan fingerprint density at radius 2 is 0.918 bits per heavy atom. The molecule has 2 saturated heterocycles. The number of nitrogens with zero attached hydrogens (tertiary/aromatic N) is 2. The number of aromatic amines is 2. The molecule has 0 aliphatic carbocycles. The summed E-state index contributed by atoms with van der Waals surface area (Å²) in [6, 6.07) is 1.73. The molecule has 4 unspecified atom stereocenters. The monoisotopic (exact) mass is 790 g/mol. The smallest absolute Gasteiger partial charge is 0.387 e. The van der Waals surface area contributed by atoms with Crippen LogP contribution in [0.2, 0.25) is 0 Å². The van der Waals surface area contributed by atoms with Gasteiger partial charge in [-0.15, -0.1) is 0 Å². The summed E-state index contributed by atoms with van der Waals surface area (Å²) in [4.78, 5) is 89.1. The summed E-state index contributed by atoms with van der Waals surface area (Å²) >= 11 is 0. The maximum absolute atomic E-state index is 12.2. The number of hydrogen-bond donors (Lipinski definition) is 10. The highest BCUT2D eigenvalue weighted by atomic mass is 31.3. The summed E-state index contributed by atoms with van der Waals surface area (Å²) in [5.74, 6) is 0.